The summed E-state index contributed by atoms with van der Waals surface area (Å²) in [5.41, 5.74) is 5.69. The summed E-state index contributed by atoms with van der Waals surface area (Å²) in [6.07, 6.45) is 1.94. The number of hydrogen-bond acceptors (Lipinski definition) is 2. The minimum absolute atomic E-state index is 0.149. The highest BCUT2D eigenvalue weighted by Gasteiger charge is 2.28. The van der Waals surface area contributed by atoms with E-state index >= 15 is 0 Å². The van der Waals surface area contributed by atoms with E-state index in [1.807, 2.05) is 13.8 Å². The lowest BCUT2D eigenvalue weighted by Gasteiger charge is -2.25. The molecule has 0 aliphatic rings. The van der Waals surface area contributed by atoms with Crippen LogP contribution in [0.25, 0.3) is 0 Å². The average Bonchev–Trinajstić information content (AvgIpc) is 2.32. The van der Waals surface area contributed by atoms with E-state index in [1.54, 1.807) is 25.1 Å². The molecule has 106 valence electrons. The molecular formula is C15H23FN2O. The minimum Gasteiger partial charge on any atom is -0.352 e. The van der Waals surface area contributed by atoms with Crippen LogP contribution in [-0.4, -0.2) is 17.5 Å². The van der Waals surface area contributed by atoms with Crippen LogP contribution in [0.15, 0.2) is 24.3 Å². The molecule has 3 nitrogen and oxygen atoms in total. The summed E-state index contributed by atoms with van der Waals surface area (Å²) >= 11 is 0. The van der Waals surface area contributed by atoms with Crippen molar-refractivity contribution in [2.24, 2.45) is 5.73 Å². The van der Waals surface area contributed by atoms with Gasteiger partial charge in [-0.3, -0.25) is 4.79 Å². The van der Waals surface area contributed by atoms with E-state index in [0.717, 1.165) is 6.42 Å². The van der Waals surface area contributed by atoms with Gasteiger partial charge in [-0.05, 0) is 38.3 Å². The van der Waals surface area contributed by atoms with Gasteiger partial charge in [-0.2, -0.15) is 0 Å². The molecule has 0 saturated heterocycles. The molecule has 0 radical (unpaired) electrons. The number of nitrogens with one attached hydrogen (secondary N) is 1. The normalized spacial score (nSPS) is 15.6. The second-order valence-corrected chi connectivity index (χ2v) is 5.34. The summed E-state index contributed by atoms with van der Waals surface area (Å²) < 4.78 is 13.5. The predicted octanol–water partition coefficient (Wildman–Crippen LogP) is 2.39. The number of benzene rings is 1. The van der Waals surface area contributed by atoms with Gasteiger partial charge >= 0.3 is 0 Å². The summed E-state index contributed by atoms with van der Waals surface area (Å²) in [6.45, 7) is 5.56. The van der Waals surface area contributed by atoms with Gasteiger partial charge in [0.05, 0.1) is 5.54 Å². The van der Waals surface area contributed by atoms with Crippen molar-refractivity contribution >= 4 is 5.91 Å². The Kier molecular flexibility index (Phi) is 5.48. The number of carbonyl (C=O) groups is 1. The SMILES string of the molecule is CCCC(C)(N)C(=O)NC(C)Cc1ccccc1F. The smallest absolute Gasteiger partial charge is 0.240 e. The molecule has 0 saturated carbocycles. The predicted molar refractivity (Wildman–Crippen MR) is 75.2 cm³/mol. The summed E-state index contributed by atoms with van der Waals surface area (Å²) in [5, 5.41) is 2.85. The van der Waals surface area contributed by atoms with Gasteiger partial charge in [0.2, 0.25) is 5.91 Å². The second-order valence-electron chi connectivity index (χ2n) is 5.34. The van der Waals surface area contributed by atoms with Crippen LogP contribution >= 0.6 is 0 Å². The molecule has 4 heteroatoms. The number of halogens is 1. The van der Waals surface area contributed by atoms with Crippen LogP contribution in [-0.2, 0) is 11.2 Å². The highest BCUT2D eigenvalue weighted by atomic mass is 19.1. The third-order valence-corrected chi connectivity index (χ3v) is 3.15. The maximum absolute atomic E-state index is 13.5. The molecule has 0 aromatic heterocycles. The molecule has 0 aliphatic heterocycles. The first-order valence-electron chi connectivity index (χ1n) is 6.70. The quantitative estimate of drug-likeness (QED) is 0.830. The first-order chi connectivity index (χ1) is 8.86. The number of nitrogens with two attached hydrogens (primary N) is 1. The maximum atomic E-state index is 13.5. The molecule has 2 atom stereocenters. The maximum Gasteiger partial charge on any atom is 0.240 e. The van der Waals surface area contributed by atoms with E-state index in [0.29, 0.717) is 18.4 Å². The summed E-state index contributed by atoms with van der Waals surface area (Å²) in [7, 11) is 0. The zero-order valence-electron chi connectivity index (χ0n) is 11.9. The Morgan fingerprint density at radius 2 is 2.11 bits per heavy atom. The highest BCUT2D eigenvalue weighted by molar-refractivity contribution is 5.85. The first-order valence-corrected chi connectivity index (χ1v) is 6.70. The molecular weight excluding hydrogens is 243 g/mol. The molecule has 1 aromatic rings. The number of rotatable bonds is 6. The molecule has 0 bridgehead atoms. The van der Waals surface area contributed by atoms with Gasteiger partial charge < -0.3 is 11.1 Å². The van der Waals surface area contributed by atoms with Crippen molar-refractivity contribution in [1.82, 2.24) is 5.32 Å². The van der Waals surface area contributed by atoms with Crippen molar-refractivity contribution in [3.8, 4) is 0 Å². The van der Waals surface area contributed by atoms with Gasteiger partial charge in [-0.25, -0.2) is 4.39 Å². The zero-order valence-corrected chi connectivity index (χ0v) is 11.9. The second kappa shape index (κ2) is 6.66. The molecule has 0 heterocycles. The number of amides is 1. The monoisotopic (exact) mass is 266 g/mol. The Hall–Kier alpha value is -1.42. The number of carbonyl (C=O) groups excluding carboxylic acids is 1. The largest absolute Gasteiger partial charge is 0.352 e. The van der Waals surface area contributed by atoms with Crippen molar-refractivity contribution in [3.05, 3.63) is 35.6 Å². The van der Waals surface area contributed by atoms with Crippen molar-refractivity contribution in [3.63, 3.8) is 0 Å². The van der Waals surface area contributed by atoms with Crippen LogP contribution in [0.2, 0.25) is 0 Å². The molecule has 1 aromatic carbocycles. The average molecular weight is 266 g/mol. The molecule has 3 N–H and O–H groups in total. The lowest BCUT2D eigenvalue weighted by atomic mass is 9.95. The third-order valence-electron chi connectivity index (χ3n) is 3.15. The molecule has 0 aliphatic carbocycles. The summed E-state index contributed by atoms with van der Waals surface area (Å²) in [4.78, 5) is 12.0. The van der Waals surface area contributed by atoms with Gasteiger partial charge in [0.15, 0.2) is 0 Å². The molecule has 0 fully saturated rings. The van der Waals surface area contributed by atoms with Crippen LogP contribution in [0.3, 0.4) is 0 Å². The van der Waals surface area contributed by atoms with Crippen molar-refractivity contribution in [2.75, 3.05) is 0 Å². The Labute approximate surface area is 114 Å². The Balaban J connectivity index is 2.59. The van der Waals surface area contributed by atoms with E-state index in [1.165, 1.54) is 6.07 Å². The van der Waals surface area contributed by atoms with Gasteiger partial charge in [-0.1, -0.05) is 31.5 Å². The molecule has 1 amide bonds. The zero-order chi connectivity index (χ0) is 14.5. The van der Waals surface area contributed by atoms with Crippen LogP contribution in [0.4, 0.5) is 4.39 Å². The van der Waals surface area contributed by atoms with Gasteiger partial charge in [0.1, 0.15) is 5.82 Å². The number of hydrogen-bond donors (Lipinski definition) is 2. The third kappa shape index (κ3) is 4.63. The van der Waals surface area contributed by atoms with Crippen LogP contribution in [0.1, 0.15) is 39.2 Å². The molecule has 1 rings (SSSR count). The highest BCUT2D eigenvalue weighted by Crippen LogP contribution is 2.12. The first kappa shape index (κ1) is 15.6. The lowest BCUT2D eigenvalue weighted by molar-refractivity contribution is -0.126. The summed E-state index contributed by atoms with van der Waals surface area (Å²) in [6, 6.07) is 6.45. The van der Waals surface area contributed by atoms with Crippen molar-refractivity contribution < 1.29 is 9.18 Å². The van der Waals surface area contributed by atoms with Crippen LogP contribution in [0, 0.1) is 5.82 Å². The van der Waals surface area contributed by atoms with E-state index in [9.17, 15) is 9.18 Å². The van der Waals surface area contributed by atoms with Crippen LogP contribution < -0.4 is 11.1 Å². The fourth-order valence-corrected chi connectivity index (χ4v) is 2.07. The van der Waals surface area contributed by atoms with E-state index in [4.69, 9.17) is 5.73 Å². The molecule has 19 heavy (non-hydrogen) atoms. The van der Waals surface area contributed by atoms with Crippen molar-refractivity contribution in [1.29, 1.82) is 0 Å². The Morgan fingerprint density at radius 3 is 2.68 bits per heavy atom. The topological polar surface area (TPSA) is 55.1 Å². The lowest BCUT2D eigenvalue weighted by Crippen LogP contribution is -2.53. The fourth-order valence-electron chi connectivity index (χ4n) is 2.07. The Bertz CT molecular complexity index is 432. The fraction of sp³-hybridized carbons (Fsp3) is 0.533. The van der Waals surface area contributed by atoms with Crippen molar-refractivity contribution in [2.45, 2.75) is 51.6 Å². The van der Waals surface area contributed by atoms with Crippen LogP contribution in [0.5, 0.6) is 0 Å². The van der Waals surface area contributed by atoms with E-state index < -0.39 is 5.54 Å². The van der Waals surface area contributed by atoms with Gasteiger partial charge in [-0.15, -0.1) is 0 Å². The Morgan fingerprint density at radius 1 is 1.47 bits per heavy atom. The molecule has 0 spiro atoms. The van der Waals surface area contributed by atoms with Gasteiger partial charge in [0, 0.05) is 6.04 Å². The van der Waals surface area contributed by atoms with E-state index in [2.05, 4.69) is 5.32 Å². The minimum atomic E-state index is -0.863. The van der Waals surface area contributed by atoms with Gasteiger partial charge in [0.25, 0.3) is 0 Å². The van der Waals surface area contributed by atoms with E-state index in [-0.39, 0.29) is 17.8 Å². The molecule has 2 unspecified atom stereocenters. The summed E-state index contributed by atoms with van der Waals surface area (Å²) in [5.74, 6) is -0.425. The standard InChI is InChI=1S/C15H23FN2O/c1-4-9-15(3,17)14(19)18-11(2)10-12-7-5-6-8-13(12)16/h5-8,11H,4,9-10,17H2,1-3H3,(H,18,19).